The van der Waals surface area contributed by atoms with Crippen molar-refractivity contribution >= 4 is 39.0 Å². The largest absolute Gasteiger partial charge is 0.382 e. The van der Waals surface area contributed by atoms with Crippen molar-refractivity contribution in [2.45, 2.75) is 18.8 Å². The van der Waals surface area contributed by atoms with E-state index in [1.165, 1.54) is 0 Å². The third-order valence-electron chi connectivity index (χ3n) is 7.34. The molecule has 1 amide bonds. The third kappa shape index (κ3) is 3.25. The first-order valence-electron chi connectivity index (χ1n) is 12.2. The molecular weight excluding hydrogens is 450 g/mol. The first-order chi connectivity index (χ1) is 17.7. The number of nitrogens with one attached hydrogen (secondary N) is 2. The smallest absolute Gasteiger partial charge is 0.253 e. The maximum atomic E-state index is 13.2. The number of nitrogen functional groups attached to an aromatic ring is 1. The number of nitrogens with two attached hydrogens (primary N) is 1. The summed E-state index contributed by atoms with van der Waals surface area (Å²) in [5, 5.41) is 2.18. The fourth-order valence-electron chi connectivity index (χ4n) is 5.47. The summed E-state index contributed by atoms with van der Waals surface area (Å²) in [6, 6.07) is 18.1. The van der Waals surface area contributed by atoms with Crippen LogP contribution in [0.15, 0.2) is 73.2 Å². The molecule has 5 heterocycles. The Morgan fingerprint density at radius 2 is 1.83 bits per heavy atom. The molecule has 0 spiro atoms. The van der Waals surface area contributed by atoms with E-state index >= 15 is 0 Å². The van der Waals surface area contributed by atoms with Crippen LogP contribution >= 0.6 is 0 Å². The molecule has 0 saturated carbocycles. The van der Waals surface area contributed by atoms with Crippen LogP contribution in [-0.4, -0.2) is 48.2 Å². The van der Waals surface area contributed by atoms with Gasteiger partial charge in [-0.05, 0) is 49.2 Å². The zero-order valence-corrected chi connectivity index (χ0v) is 19.6. The van der Waals surface area contributed by atoms with E-state index in [0.29, 0.717) is 18.9 Å². The molecule has 7 rings (SSSR count). The van der Waals surface area contributed by atoms with Crippen LogP contribution in [0.4, 0.5) is 5.82 Å². The Balaban J connectivity index is 1.19. The van der Waals surface area contributed by atoms with Crippen LogP contribution in [0.25, 0.3) is 38.7 Å². The first-order valence-corrected chi connectivity index (χ1v) is 12.2. The number of benzene rings is 2. The van der Waals surface area contributed by atoms with Crippen LogP contribution in [0.2, 0.25) is 0 Å². The van der Waals surface area contributed by atoms with Crippen molar-refractivity contribution in [3.63, 3.8) is 0 Å². The number of rotatable bonds is 3. The average Bonchev–Trinajstić information content (AvgIpc) is 3.64. The minimum atomic E-state index is 0.0803. The standard InChI is InChI=1S/C28H25N7O/c29-26-25-24(23-16-18-3-1-2-4-22(18)32-23)33-27(35(25)14-11-31-26)17-8-12-34(13-9-17)28(36)20-5-6-21-19(15-20)7-10-30-21/h1-7,10-11,14-17,30,32H,8-9,12-13H2,(H2,29,31). The number of hydrogen-bond acceptors (Lipinski definition) is 4. The van der Waals surface area contributed by atoms with Gasteiger partial charge in [-0.3, -0.25) is 9.20 Å². The van der Waals surface area contributed by atoms with Crippen molar-refractivity contribution < 1.29 is 4.79 Å². The van der Waals surface area contributed by atoms with E-state index in [-0.39, 0.29) is 11.8 Å². The van der Waals surface area contributed by atoms with Crippen LogP contribution < -0.4 is 5.73 Å². The highest BCUT2D eigenvalue weighted by Gasteiger charge is 2.29. The van der Waals surface area contributed by atoms with Crippen molar-refractivity contribution in [1.29, 1.82) is 0 Å². The molecule has 8 nitrogen and oxygen atoms in total. The van der Waals surface area contributed by atoms with Crippen molar-refractivity contribution in [2.75, 3.05) is 18.8 Å². The summed E-state index contributed by atoms with van der Waals surface area (Å²) in [7, 11) is 0. The van der Waals surface area contributed by atoms with Crippen LogP contribution in [0, 0.1) is 0 Å². The minimum Gasteiger partial charge on any atom is -0.382 e. The van der Waals surface area contributed by atoms with E-state index in [0.717, 1.165) is 62.9 Å². The summed E-state index contributed by atoms with van der Waals surface area (Å²) < 4.78 is 2.07. The van der Waals surface area contributed by atoms with Crippen molar-refractivity contribution in [1.82, 2.24) is 29.2 Å². The molecule has 1 fully saturated rings. The molecule has 0 radical (unpaired) electrons. The van der Waals surface area contributed by atoms with Gasteiger partial charge >= 0.3 is 0 Å². The quantitative estimate of drug-likeness (QED) is 0.336. The second-order valence-corrected chi connectivity index (χ2v) is 9.47. The second-order valence-electron chi connectivity index (χ2n) is 9.47. The summed E-state index contributed by atoms with van der Waals surface area (Å²) in [6.45, 7) is 1.37. The number of carbonyl (C=O) groups excluding carboxylic acids is 1. The lowest BCUT2D eigenvalue weighted by molar-refractivity contribution is 0.0711. The zero-order chi connectivity index (χ0) is 24.2. The fourth-order valence-corrected chi connectivity index (χ4v) is 5.47. The van der Waals surface area contributed by atoms with Gasteiger partial charge in [0.25, 0.3) is 5.91 Å². The molecule has 1 aliphatic heterocycles. The number of anilines is 1. The highest BCUT2D eigenvalue weighted by Crippen LogP contribution is 2.35. The second kappa shape index (κ2) is 7.98. The molecule has 8 heteroatoms. The van der Waals surface area contributed by atoms with Crippen molar-refractivity contribution in [3.8, 4) is 11.4 Å². The highest BCUT2D eigenvalue weighted by molar-refractivity contribution is 5.98. The van der Waals surface area contributed by atoms with Gasteiger partial charge in [0.15, 0.2) is 0 Å². The molecule has 4 N–H and O–H groups in total. The van der Waals surface area contributed by atoms with E-state index in [9.17, 15) is 4.79 Å². The Morgan fingerprint density at radius 1 is 1.00 bits per heavy atom. The van der Waals surface area contributed by atoms with Gasteiger partial charge < -0.3 is 20.6 Å². The van der Waals surface area contributed by atoms with E-state index in [4.69, 9.17) is 10.7 Å². The molecule has 0 aliphatic carbocycles. The summed E-state index contributed by atoms with van der Waals surface area (Å²) >= 11 is 0. The summed E-state index contributed by atoms with van der Waals surface area (Å²) in [6.07, 6.45) is 7.23. The van der Waals surface area contributed by atoms with Gasteiger partial charge in [-0.15, -0.1) is 0 Å². The number of para-hydroxylation sites is 1. The zero-order valence-electron chi connectivity index (χ0n) is 19.6. The Kier molecular flexibility index (Phi) is 4.60. The van der Waals surface area contributed by atoms with E-state index in [1.807, 2.05) is 53.7 Å². The molecule has 178 valence electrons. The van der Waals surface area contributed by atoms with Gasteiger partial charge in [-0.25, -0.2) is 9.97 Å². The van der Waals surface area contributed by atoms with Crippen LogP contribution in [0.5, 0.6) is 0 Å². The SMILES string of the molecule is Nc1nccn2c(C3CCN(C(=O)c4ccc5[nH]ccc5c4)CC3)nc(-c3cc4ccccc4[nH]3)c12. The molecule has 2 aromatic carbocycles. The van der Waals surface area contributed by atoms with E-state index in [1.54, 1.807) is 6.20 Å². The molecule has 1 aliphatic rings. The molecule has 6 aromatic rings. The minimum absolute atomic E-state index is 0.0803. The molecule has 36 heavy (non-hydrogen) atoms. The van der Waals surface area contributed by atoms with Gasteiger partial charge in [0.1, 0.15) is 22.9 Å². The Bertz CT molecular complexity index is 1720. The molecular formula is C28H25N7O. The number of fused-ring (bicyclic) bond motifs is 3. The fraction of sp³-hybridized carbons (Fsp3) is 0.179. The average molecular weight is 476 g/mol. The number of aromatic nitrogens is 5. The molecule has 1 saturated heterocycles. The summed E-state index contributed by atoms with van der Waals surface area (Å²) in [5.41, 5.74) is 11.7. The summed E-state index contributed by atoms with van der Waals surface area (Å²) in [4.78, 5) is 31.3. The molecule has 0 unspecified atom stereocenters. The molecule has 0 atom stereocenters. The van der Waals surface area contributed by atoms with E-state index < -0.39 is 0 Å². The topological polar surface area (TPSA) is 108 Å². The third-order valence-corrected chi connectivity index (χ3v) is 7.34. The Morgan fingerprint density at radius 3 is 2.69 bits per heavy atom. The van der Waals surface area contributed by atoms with E-state index in [2.05, 4.69) is 37.6 Å². The van der Waals surface area contributed by atoms with Crippen LogP contribution in [0.1, 0.15) is 34.9 Å². The maximum Gasteiger partial charge on any atom is 0.253 e. The lowest BCUT2D eigenvalue weighted by Crippen LogP contribution is -2.38. The molecule has 4 aromatic heterocycles. The number of carbonyl (C=O) groups is 1. The Labute approximate surface area is 206 Å². The number of aromatic amines is 2. The van der Waals surface area contributed by atoms with Gasteiger partial charge in [-0.1, -0.05) is 18.2 Å². The number of piperidine rings is 1. The first kappa shape index (κ1) is 20.8. The van der Waals surface area contributed by atoms with Gasteiger partial charge in [0.05, 0.1) is 5.69 Å². The van der Waals surface area contributed by atoms with Crippen LogP contribution in [-0.2, 0) is 0 Å². The molecule has 0 bridgehead atoms. The van der Waals surface area contributed by atoms with Gasteiger partial charge in [0, 0.05) is 65.0 Å². The predicted molar refractivity (Wildman–Crippen MR) is 141 cm³/mol. The Hall–Kier alpha value is -4.59. The maximum absolute atomic E-state index is 13.2. The number of imidazole rings is 1. The summed E-state index contributed by atoms with van der Waals surface area (Å²) in [5.74, 6) is 1.72. The number of nitrogens with zero attached hydrogens (tertiary/aromatic N) is 4. The normalized spacial score (nSPS) is 14.8. The number of likely N-dealkylation sites (tertiary alicyclic amines) is 1. The monoisotopic (exact) mass is 475 g/mol. The predicted octanol–water partition coefficient (Wildman–Crippen LogP) is 4.96. The van der Waals surface area contributed by atoms with Gasteiger partial charge in [-0.2, -0.15) is 0 Å². The lowest BCUT2D eigenvalue weighted by Gasteiger charge is -2.31. The van der Waals surface area contributed by atoms with Gasteiger partial charge in [0.2, 0.25) is 0 Å². The highest BCUT2D eigenvalue weighted by atomic mass is 16.2. The lowest BCUT2D eigenvalue weighted by atomic mass is 9.95. The van der Waals surface area contributed by atoms with Crippen molar-refractivity contribution in [3.05, 3.63) is 84.6 Å². The number of H-pyrrole nitrogens is 2. The van der Waals surface area contributed by atoms with Crippen LogP contribution in [0.3, 0.4) is 0 Å². The number of amides is 1. The van der Waals surface area contributed by atoms with Crippen molar-refractivity contribution in [2.24, 2.45) is 0 Å². The number of hydrogen-bond donors (Lipinski definition) is 3.